The number of rotatable bonds is 2. The zero-order valence-corrected chi connectivity index (χ0v) is 19.0. The number of hydrogen-bond donors (Lipinski definition) is 3. The number of benzene rings is 1. The van der Waals surface area contributed by atoms with Crippen LogP contribution < -0.4 is 5.32 Å². The fraction of sp³-hybridized carbons (Fsp3) is 0.577. The Morgan fingerprint density at radius 3 is 2.87 bits per heavy atom. The van der Waals surface area contributed by atoms with Crippen LogP contribution >= 0.6 is 0 Å². The van der Waals surface area contributed by atoms with Crippen LogP contribution in [-0.4, -0.2) is 51.2 Å². The second-order valence-electron chi connectivity index (χ2n) is 11.3. The average molecular weight is 420 g/mol. The van der Waals surface area contributed by atoms with Crippen molar-refractivity contribution < 1.29 is 9.90 Å². The van der Waals surface area contributed by atoms with E-state index in [1.165, 1.54) is 17.7 Å². The number of aromatic amines is 1. The summed E-state index contributed by atoms with van der Waals surface area (Å²) in [7, 11) is 0. The third-order valence-corrected chi connectivity index (χ3v) is 8.93. The van der Waals surface area contributed by atoms with E-state index in [9.17, 15) is 9.90 Å². The van der Waals surface area contributed by atoms with Crippen LogP contribution in [0.3, 0.4) is 0 Å². The number of nitrogens with one attached hydrogen (secondary N) is 2. The fourth-order valence-corrected chi connectivity index (χ4v) is 7.62. The molecule has 0 amide bonds. The number of piperidine rings is 2. The summed E-state index contributed by atoms with van der Waals surface area (Å²) in [6.45, 7) is 10.7. The molecule has 5 aliphatic rings. The van der Waals surface area contributed by atoms with E-state index < -0.39 is 6.23 Å². The van der Waals surface area contributed by atoms with E-state index in [2.05, 4.69) is 35.1 Å². The van der Waals surface area contributed by atoms with Crippen molar-refractivity contribution >= 4 is 16.7 Å². The predicted molar refractivity (Wildman–Crippen MR) is 122 cm³/mol. The van der Waals surface area contributed by atoms with Gasteiger partial charge in [-0.3, -0.25) is 15.0 Å². The van der Waals surface area contributed by atoms with Crippen molar-refractivity contribution in [3.05, 3.63) is 46.7 Å². The van der Waals surface area contributed by atoms with E-state index in [-0.39, 0.29) is 22.3 Å². The SMILES string of the molecule is CC(C)=CC(=O)c1cccc2c3c([nH]c12)C(C)(C)[C@@H]1C[C@]24CCCN2C[C@@]1(C3)NC4O. The van der Waals surface area contributed by atoms with Crippen LogP contribution in [0.25, 0.3) is 10.9 Å². The van der Waals surface area contributed by atoms with Gasteiger partial charge in [0.05, 0.1) is 11.1 Å². The third-order valence-electron chi connectivity index (χ3n) is 8.93. The zero-order valence-electron chi connectivity index (χ0n) is 19.0. The molecular weight excluding hydrogens is 386 g/mol. The molecule has 2 bridgehead atoms. The molecule has 4 fully saturated rings. The lowest BCUT2D eigenvalue weighted by Gasteiger charge is -2.68. The predicted octanol–water partition coefficient (Wildman–Crippen LogP) is 3.67. The minimum Gasteiger partial charge on any atom is -0.377 e. The first-order chi connectivity index (χ1) is 14.7. The lowest BCUT2D eigenvalue weighted by Crippen LogP contribution is -2.83. The molecule has 4 atom stereocenters. The van der Waals surface area contributed by atoms with Crippen molar-refractivity contribution in [3.63, 3.8) is 0 Å². The summed E-state index contributed by atoms with van der Waals surface area (Å²) in [4.78, 5) is 19.3. The van der Waals surface area contributed by atoms with Gasteiger partial charge in [-0.2, -0.15) is 0 Å². The molecular formula is C26H33N3O2. The molecule has 1 aromatic carbocycles. The Hall–Kier alpha value is -1.95. The molecule has 164 valence electrons. The number of H-pyrrole nitrogens is 1. The molecule has 5 heteroatoms. The maximum Gasteiger partial charge on any atom is 0.187 e. The fourth-order valence-electron chi connectivity index (χ4n) is 7.62. The second kappa shape index (κ2) is 6.09. The highest BCUT2D eigenvalue weighted by molar-refractivity contribution is 6.13. The van der Waals surface area contributed by atoms with E-state index in [0.29, 0.717) is 5.92 Å². The van der Waals surface area contributed by atoms with Gasteiger partial charge in [-0.15, -0.1) is 0 Å². The molecule has 0 saturated carbocycles. The maximum absolute atomic E-state index is 12.9. The number of piperazine rings is 1. The molecule has 2 spiro atoms. The molecule has 5 heterocycles. The number of para-hydroxylation sites is 1. The van der Waals surface area contributed by atoms with Gasteiger partial charge in [0.25, 0.3) is 0 Å². The monoisotopic (exact) mass is 419 g/mol. The Balaban J connectivity index is 1.54. The maximum atomic E-state index is 12.9. The molecule has 5 nitrogen and oxygen atoms in total. The summed E-state index contributed by atoms with van der Waals surface area (Å²) in [5, 5.41) is 16.1. The quantitative estimate of drug-likeness (QED) is 0.513. The van der Waals surface area contributed by atoms with Crippen molar-refractivity contribution in [1.29, 1.82) is 0 Å². The average Bonchev–Trinajstić information content (AvgIpc) is 3.28. The lowest BCUT2D eigenvalue weighted by molar-refractivity contribution is -0.179. The van der Waals surface area contributed by atoms with Crippen LogP contribution in [0, 0.1) is 5.92 Å². The number of allylic oxidation sites excluding steroid dienone is 2. The number of ketones is 1. The van der Waals surface area contributed by atoms with Crippen LogP contribution in [0.1, 0.15) is 68.6 Å². The first-order valence-electron chi connectivity index (χ1n) is 11.7. The Morgan fingerprint density at radius 2 is 2.10 bits per heavy atom. The molecule has 0 radical (unpaired) electrons. The van der Waals surface area contributed by atoms with Gasteiger partial charge in [-0.25, -0.2) is 0 Å². The molecule has 7 rings (SSSR count). The minimum atomic E-state index is -0.461. The Bertz CT molecular complexity index is 1140. The number of aliphatic hydroxyl groups is 1. The van der Waals surface area contributed by atoms with E-state index >= 15 is 0 Å². The van der Waals surface area contributed by atoms with E-state index in [4.69, 9.17) is 0 Å². The second-order valence-corrected chi connectivity index (χ2v) is 11.3. The summed E-state index contributed by atoms with van der Waals surface area (Å²) >= 11 is 0. The van der Waals surface area contributed by atoms with E-state index in [0.717, 1.165) is 54.4 Å². The van der Waals surface area contributed by atoms with Crippen molar-refractivity contribution in [2.75, 3.05) is 13.1 Å². The minimum absolute atomic E-state index is 0.0617. The summed E-state index contributed by atoms with van der Waals surface area (Å²) in [5.41, 5.74) is 5.01. The number of hydrogen-bond acceptors (Lipinski definition) is 4. The van der Waals surface area contributed by atoms with Crippen LogP contribution in [0.5, 0.6) is 0 Å². The van der Waals surface area contributed by atoms with Crippen molar-refractivity contribution in [2.45, 2.75) is 76.1 Å². The molecule has 2 aromatic rings. The summed E-state index contributed by atoms with van der Waals surface area (Å²) in [5.74, 6) is 0.502. The Morgan fingerprint density at radius 1 is 1.29 bits per heavy atom. The Labute approximate surface area is 183 Å². The number of fused-ring (bicyclic) bond motifs is 4. The normalized spacial score (nSPS) is 35.5. The number of aliphatic hydroxyl groups excluding tert-OH is 1. The smallest absolute Gasteiger partial charge is 0.187 e. The molecule has 1 aliphatic carbocycles. The highest BCUT2D eigenvalue weighted by atomic mass is 16.3. The van der Waals surface area contributed by atoms with Crippen molar-refractivity contribution in [2.24, 2.45) is 5.92 Å². The van der Waals surface area contributed by atoms with Crippen LogP contribution in [0.4, 0.5) is 0 Å². The number of nitrogens with zero attached hydrogens (tertiary/aromatic N) is 1. The topological polar surface area (TPSA) is 68.4 Å². The van der Waals surface area contributed by atoms with Gasteiger partial charge >= 0.3 is 0 Å². The zero-order chi connectivity index (χ0) is 21.8. The molecule has 3 N–H and O–H groups in total. The number of aromatic nitrogens is 1. The largest absolute Gasteiger partial charge is 0.377 e. The molecule has 1 unspecified atom stereocenters. The van der Waals surface area contributed by atoms with E-state index in [1.54, 1.807) is 6.08 Å². The van der Waals surface area contributed by atoms with Crippen LogP contribution in [0.15, 0.2) is 29.8 Å². The highest BCUT2D eigenvalue weighted by Gasteiger charge is 2.68. The molecule has 4 saturated heterocycles. The standard InChI is InChI=1S/C26H33N3O2/c1-15(2)11-19(30)17-8-5-7-16-18-12-25-14-29-10-6-9-26(29,23(31)28-25)13-20(25)24(3,4)22(18)27-21(16)17/h5,7-8,11,20,23,27-28,31H,6,9-10,12-14H2,1-4H3/t20-,23?,25+,26-/m0/s1. The lowest BCUT2D eigenvalue weighted by atomic mass is 9.51. The summed E-state index contributed by atoms with van der Waals surface area (Å²) in [6, 6.07) is 6.10. The number of carbonyl (C=O) groups excluding carboxylic acids is 1. The van der Waals surface area contributed by atoms with Gasteiger partial charge in [0.15, 0.2) is 5.78 Å². The van der Waals surface area contributed by atoms with Crippen LogP contribution in [-0.2, 0) is 11.8 Å². The summed E-state index contributed by atoms with van der Waals surface area (Å²) in [6.07, 6.45) is 5.44. The molecule has 31 heavy (non-hydrogen) atoms. The van der Waals surface area contributed by atoms with Gasteiger partial charge in [-0.1, -0.05) is 31.6 Å². The van der Waals surface area contributed by atoms with Gasteiger partial charge in [0.1, 0.15) is 6.23 Å². The van der Waals surface area contributed by atoms with Gasteiger partial charge in [0, 0.05) is 34.1 Å². The van der Waals surface area contributed by atoms with E-state index in [1.807, 2.05) is 26.0 Å². The van der Waals surface area contributed by atoms with Crippen molar-refractivity contribution in [1.82, 2.24) is 15.2 Å². The van der Waals surface area contributed by atoms with Gasteiger partial charge in [0.2, 0.25) is 0 Å². The van der Waals surface area contributed by atoms with Gasteiger partial charge < -0.3 is 10.1 Å². The molecule has 1 aromatic heterocycles. The molecule has 4 aliphatic heterocycles. The first-order valence-corrected chi connectivity index (χ1v) is 11.7. The highest BCUT2D eigenvalue weighted by Crippen LogP contribution is 2.59. The summed E-state index contributed by atoms with van der Waals surface area (Å²) < 4.78 is 0. The Kier molecular flexibility index (Phi) is 3.87. The number of carbonyl (C=O) groups is 1. The first kappa shape index (κ1) is 19.7. The third kappa shape index (κ3) is 2.40. The van der Waals surface area contributed by atoms with Crippen molar-refractivity contribution in [3.8, 4) is 0 Å². The van der Waals surface area contributed by atoms with Gasteiger partial charge in [-0.05, 0) is 69.7 Å². The van der Waals surface area contributed by atoms with Crippen LogP contribution in [0.2, 0.25) is 0 Å².